The van der Waals surface area contributed by atoms with Crippen molar-refractivity contribution in [1.82, 2.24) is 25.3 Å². The molecule has 106 valence electrons. The van der Waals surface area contributed by atoms with Crippen LogP contribution < -0.4 is 4.72 Å². The third-order valence-electron chi connectivity index (χ3n) is 2.32. The van der Waals surface area contributed by atoms with Gasteiger partial charge in [0.15, 0.2) is 5.82 Å². The second kappa shape index (κ2) is 5.22. The summed E-state index contributed by atoms with van der Waals surface area (Å²) < 4.78 is 26.1. The van der Waals surface area contributed by atoms with E-state index in [1.54, 1.807) is 0 Å². The molecule has 0 spiro atoms. The second-order valence-electron chi connectivity index (χ2n) is 3.64. The fraction of sp³-hybridized carbons (Fsp3) is 0.111. The lowest BCUT2D eigenvalue weighted by atomic mass is 10.2. The number of H-pyrrole nitrogens is 1. The van der Waals surface area contributed by atoms with Crippen LogP contribution in [-0.2, 0) is 16.6 Å². The van der Waals surface area contributed by atoms with Crippen LogP contribution in [0.15, 0.2) is 23.1 Å². The van der Waals surface area contributed by atoms with E-state index < -0.39 is 27.3 Å². The Hall–Kier alpha value is -2.53. The van der Waals surface area contributed by atoms with Gasteiger partial charge in [0.2, 0.25) is 10.0 Å². The first-order chi connectivity index (χ1) is 9.40. The molecule has 0 aliphatic carbocycles. The highest BCUT2D eigenvalue weighted by Crippen LogP contribution is 2.21. The van der Waals surface area contributed by atoms with Gasteiger partial charge in [-0.15, -0.1) is 10.2 Å². The van der Waals surface area contributed by atoms with Gasteiger partial charge >= 0.3 is 5.97 Å². The number of tetrazole rings is 1. The van der Waals surface area contributed by atoms with Crippen LogP contribution in [0.4, 0.5) is 0 Å². The molecule has 0 atom stereocenters. The molecule has 4 N–H and O–H groups in total. The lowest BCUT2D eigenvalue weighted by molar-refractivity contribution is 0.0693. The Morgan fingerprint density at radius 1 is 1.40 bits per heavy atom. The number of hydrogen-bond acceptors (Lipinski definition) is 7. The average molecular weight is 299 g/mol. The number of nitrogens with zero attached hydrogens (tertiary/aromatic N) is 3. The highest BCUT2D eigenvalue weighted by molar-refractivity contribution is 7.89. The lowest BCUT2D eigenvalue weighted by Crippen LogP contribution is -2.24. The molecule has 0 saturated carbocycles. The van der Waals surface area contributed by atoms with Crippen molar-refractivity contribution in [3.63, 3.8) is 0 Å². The highest BCUT2D eigenvalue weighted by atomic mass is 32.2. The zero-order valence-electron chi connectivity index (χ0n) is 9.81. The number of phenols is 1. The average Bonchev–Trinajstić information content (AvgIpc) is 2.89. The van der Waals surface area contributed by atoms with Gasteiger partial charge in [-0.05, 0) is 18.2 Å². The van der Waals surface area contributed by atoms with Crippen molar-refractivity contribution in [3.8, 4) is 5.75 Å². The molecule has 11 heteroatoms. The molecule has 1 aromatic heterocycles. The van der Waals surface area contributed by atoms with Crippen molar-refractivity contribution in [2.24, 2.45) is 0 Å². The van der Waals surface area contributed by atoms with Gasteiger partial charge in [0, 0.05) is 0 Å². The number of carboxylic acid groups (broad SMARTS) is 1. The number of sulfonamides is 1. The van der Waals surface area contributed by atoms with Gasteiger partial charge in [-0.1, -0.05) is 5.21 Å². The lowest BCUT2D eigenvalue weighted by Gasteiger charge is -2.06. The van der Waals surface area contributed by atoms with Crippen molar-refractivity contribution in [2.75, 3.05) is 0 Å². The number of rotatable bonds is 5. The zero-order chi connectivity index (χ0) is 14.8. The fourth-order valence-corrected chi connectivity index (χ4v) is 2.36. The SMILES string of the molecule is O=C(O)c1cc(S(=O)(=O)NCc2nn[nH]n2)ccc1O. The summed E-state index contributed by atoms with van der Waals surface area (Å²) >= 11 is 0. The quantitative estimate of drug-likeness (QED) is 0.551. The first-order valence-corrected chi connectivity index (χ1v) is 6.67. The number of aromatic carboxylic acids is 1. The van der Waals surface area contributed by atoms with Crippen molar-refractivity contribution in [1.29, 1.82) is 0 Å². The van der Waals surface area contributed by atoms with Gasteiger partial charge in [0.1, 0.15) is 11.3 Å². The molecule has 2 aromatic rings. The Kier molecular flexibility index (Phi) is 3.63. The van der Waals surface area contributed by atoms with Crippen LogP contribution in [0.5, 0.6) is 5.75 Å². The minimum absolute atomic E-state index is 0.130. The van der Waals surface area contributed by atoms with Gasteiger partial charge in [-0.25, -0.2) is 17.9 Å². The van der Waals surface area contributed by atoms with Gasteiger partial charge in [-0.3, -0.25) is 0 Å². The molecule has 0 saturated heterocycles. The number of hydrogen-bond donors (Lipinski definition) is 4. The predicted molar refractivity (Wildman–Crippen MR) is 63.3 cm³/mol. The highest BCUT2D eigenvalue weighted by Gasteiger charge is 2.19. The number of nitrogens with one attached hydrogen (secondary N) is 2. The summed E-state index contributed by atoms with van der Waals surface area (Å²) in [6.45, 7) is -0.206. The molecular formula is C9H9N5O5S. The largest absolute Gasteiger partial charge is 0.507 e. The number of aromatic hydroxyl groups is 1. The standard InChI is InChI=1S/C9H9N5O5S/c15-7-2-1-5(3-6(7)9(16)17)20(18,19)10-4-8-11-13-14-12-8/h1-3,10,15H,4H2,(H,16,17)(H,11,12,13,14). The van der Waals surface area contributed by atoms with Gasteiger partial charge < -0.3 is 10.2 Å². The summed E-state index contributed by atoms with van der Waals surface area (Å²) in [6.07, 6.45) is 0. The predicted octanol–water partition coefficient (Wildman–Crippen LogP) is -0.918. The minimum Gasteiger partial charge on any atom is -0.507 e. The number of aromatic amines is 1. The fourth-order valence-electron chi connectivity index (χ4n) is 1.35. The molecule has 0 aliphatic heterocycles. The first kappa shape index (κ1) is 13.9. The van der Waals surface area contributed by atoms with Crippen molar-refractivity contribution in [2.45, 2.75) is 11.4 Å². The molecule has 0 amide bonds. The summed E-state index contributed by atoms with van der Waals surface area (Å²) in [6, 6.07) is 2.93. The molecule has 0 unspecified atom stereocenters. The van der Waals surface area contributed by atoms with E-state index in [1.807, 2.05) is 0 Å². The van der Waals surface area contributed by atoms with Crippen LogP contribution in [0, 0.1) is 0 Å². The molecule has 1 aromatic carbocycles. The smallest absolute Gasteiger partial charge is 0.339 e. The third-order valence-corrected chi connectivity index (χ3v) is 3.72. The molecule has 10 nitrogen and oxygen atoms in total. The van der Waals surface area contributed by atoms with Gasteiger partial charge in [-0.2, -0.15) is 5.21 Å². The molecule has 0 aliphatic rings. The molecule has 20 heavy (non-hydrogen) atoms. The Balaban J connectivity index is 2.25. The number of benzene rings is 1. The van der Waals surface area contributed by atoms with Crippen LogP contribution in [0.25, 0.3) is 0 Å². The Labute approximate surface area is 112 Å². The molecule has 0 bridgehead atoms. The van der Waals surface area contributed by atoms with E-state index in [0.29, 0.717) is 0 Å². The third kappa shape index (κ3) is 2.89. The Bertz CT molecular complexity index is 727. The molecule has 0 fully saturated rings. The second-order valence-corrected chi connectivity index (χ2v) is 5.40. The summed E-state index contributed by atoms with van der Waals surface area (Å²) in [4.78, 5) is 10.5. The minimum atomic E-state index is -3.96. The van der Waals surface area contributed by atoms with Crippen molar-refractivity contribution >= 4 is 16.0 Å². The topological polar surface area (TPSA) is 158 Å². The summed E-state index contributed by atoms with van der Waals surface area (Å²) in [5.41, 5.74) is -0.507. The maximum atomic E-state index is 11.9. The Morgan fingerprint density at radius 2 is 2.15 bits per heavy atom. The van der Waals surface area contributed by atoms with Gasteiger partial charge in [0.05, 0.1) is 11.4 Å². The number of carbonyl (C=O) groups is 1. The van der Waals surface area contributed by atoms with E-state index in [1.165, 1.54) is 0 Å². The normalized spacial score (nSPS) is 11.4. The van der Waals surface area contributed by atoms with E-state index >= 15 is 0 Å². The summed E-state index contributed by atoms with van der Waals surface area (Å²) in [5, 5.41) is 30.7. The number of aromatic nitrogens is 4. The molecule has 2 rings (SSSR count). The maximum Gasteiger partial charge on any atom is 0.339 e. The summed E-state index contributed by atoms with van der Waals surface area (Å²) in [7, 11) is -3.96. The molecule has 1 heterocycles. The zero-order valence-corrected chi connectivity index (χ0v) is 10.6. The van der Waals surface area contributed by atoms with Crippen LogP contribution in [0.2, 0.25) is 0 Å². The van der Waals surface area contributed by atoms with E-state index in [0.717, 1.165) is 18.2 Å². The van der Waals surface area contributed by atoms with Gasteiger partial charge in [0.25, 0.3) is 0 Å². The maximum absolute atomic E-state index is 11.9. The summed E-state index contributed by atoms with van der Waals surface area (Å²) in [5.74, 6) is -1.82. The van der Waals surface area contributed by atoms with E-state index in [9.17, 15) is 18.3 Å². The van der Waals surface area contributed by atoms with E-state index in [4.69, 9.17) is 5.11 Å². The van der Waals surface area contributed by atoms with Crippen LogP contribution in [0.3, 0.4) is 0 Å². The van der Waals surface area contributed by atoms with Crippen LogP contribution >= 0.6 is 0 Å². The van der Waals surface area contributed by atoms with Crippen molar-refractivity contribution in [3.05, 3.63) is 29.6 Å². The van der Waals surface area contributed by atoms with E-state index in [-0.39, 0.29) is 17.3 Å². The van der Waals surface area contributed by atoms with Crippen molar-refractivity contribution < 1.29 is 23.4 Å². The monoisotopic (exact) mass is 299 g/mol. The van der Waals surface area contributed by atoms with Crippen LogP contribution in [-0.4, -0.2) is 45.2 Å². The number of carboxylic acids is 1. The molecular weight excluding hydrogens is 290 g/mol. The van der Waals surface area contributed by atoms with E-state index in [2.05, 4.69) is 25.3 Å². The Morgan fingerprint density at radius 3 is 2.75 bits per heavy atom. The molecule has 0 radical (unpaired) electrons. The van der Waals surface area contributed by atoms with Crippen LogP contribution in [0.1, 0.15) is 16.2 Å². The first-order valence-electron chi connectivity index (χ1n) is 5.18.